The number of nitrogens with one attached hydrogen (secondary N) is 1. The van der Waals surface area contributed by atoms with Gasteiger partial charge in [0.05, 0.1) is 19.8 Å². The fourth-order valence-electron chi connectivity index (χ4n) is 2.17. The van der Waals surface area contributed by atoms with Crippen LogP contribution in [0.4, 0.5) is 10.5 Å². The Bertz CT molecular complexity index is 486. The summed E-state index contributed by atoms with van der Waals surface area (Å²) in [7, 11) is 1.30. The number of hydrogen-bond donors (Lipinski definition) is 1. The van der Waals surface area contributed by atoms with Gasteiger partial charge in [-0.15, -0.1) is 0 Å². The van der Waals surface area contributed by atoms with Crippen LogP contribution in [0.2, 0.25) is 0 Å². The fourth-order valence-corrected chi connectivity index (χ4v) is 2.17. The molecule has 0 aromatic heterocycles. The number of ether oxygens (including phenoxy) is 2. The highest BCUT2D eigenvalue weighted by atomic mass is 16.5. The van der Waals surface area contributed by atoms with Crippen molar-refractivity contribution in [3.63, 3.8) is 0 Å². The molecule has 0 radical (unpaired) electrons. The molecule has 6 heteroatoms. The second-order valence-corrected chi connectivity index (χ2v) is 4.47. The van der Waals surface area contributed by atoms with Crippen molar-refractivity contribution >= 4 is 17.7 Å². The Morgan fingerprint density at radius 1 is 1.40 bits per heavy atom. The van der Waals surface area contributed by atoms with Crippen molar-refractivity contribution in [2.75, 3.05) is 25.2 Å². The lowest BCUT2D eigenvalue weighted by Crippen LogP contribution is -2.37. The normalized spacial score (nSPS) is 18.0. The molecule has 6 nitrogen and oxygen atoms in total. The van der Waals surface area contributed by atoms with Crippen LogP contribution in [0.25, 0.3) is 0 Å². The zero-order valence-electron chi connectivity index (χ0n) is 11.6. The number of anilines is 1. The molecule has 2 amide bonds. The first kappa shape index (κ1) is 14.2. The van der Waals surface area contributed by atoms with E-state index in [0.717, 1.165) is 11.4 Å². The Balaban J connectivity index is 2.02. The standard InChI is InChI=1S/C14H18N2O4/c1-3-20-12-6-4-11(5-7-12)16-9-10(8-13(16)17)15-14(18)19-2/h4-7,10H,3,8-9H2,1-2H3,(H,15,18)/t10-/m0/s1. The van der Waals surface area contributed by atoms with Crippen molar-refractivity contribution in [2.45, 2.75) is 19.4 Å². The van der Waals surface area contributed by atoms with Crippen molar-refractivity contribution in [3.05, 3.63) is 24.3 Å². The van der Waals surface area contributed by atoms with Crippen molar-refractivity contribution in [3.8, 4) is 5.75 Å². The molecular weight excluding hydrogens is 260 g/mol. The largest absolute Gasteiger partial charge is 0.494 e. The van der Waals surface area contributed by atoms with Crippen LogP contribution in [-0.4, -0.2) is 38.3 Å². The molecule has 1 aliphatic heterocycles. The van der Waals surface area contributed by atoms with Crippen molar-refractivity contribution in [1.29, 1.82) is 0 Å². The molecular formula is C14H18N2O4. The Morgan fingerprint density at radius 2 is 2.10 bits per heavy atom. The van der Waals surface area contributed by atoms with Gasteiger partial charge in [-0.2, -0.15) is 0 Å². The van der Waals surface area contributed by atoms with Gasteiger partial charge in [0, 0.05) is 18.7 Å². The monoisotopic (exact) mass is 278 g/mol. The van der Waals surface area contributed by atoms with Crippen molar-refractivity contribution < 1.29 is 19.1 Å². The van der Waals surface area contributed by atoms with Crippen molar-refractivity contribution in [2.24, 2.45) is 0 Å². The lowest BCUT2D eigenvalue weighted by atomic mass is 10.2. The van der Waals surface area contributed by atoms with Crippen LogP contribution in [0, 0.1) is 0 Å². The topological polar surface area (TPSA) is 67.9 Å². The number of carbonyl (C=O) groups excluding carboxylic acids is 2. The van der Waals surface area contributed by atoms with E-state index in [9.17, 15) is 9.59 Å². The summed E-state index contributed by atoms with van der Waals surface area (Å²) < 4.78 is 9.90. The summed E-state index contributed by atoms with van der Waals surface area (Å²) in [5.74, 6) is 0.752. The van der Waals surface area contributed by atoms with Crippen LogP contribution in [-0.2, 0) is 9.53 Å². The first-order valence-electron chi connectivity index (χ1n) is 6.51. The zero-order valence-corrected chi connectivity index (χ0v) is 11.6. The van der Waals surface area contributed by atoms with E-state index in [1.807, 2.05) is 31.2 Å². The summed E-state index contributed by atoms with van der Waals surface area (Å²) in [6.45, 7) is 2.97. The summed E-state index contributed by atoms with van der Waals surface area (Å²) in [4.78, 5) is 24.8. The van der Waals surface area contributed by atoms with E-state index >= 15 is 0 Å². The van der Waals surface area contributed by atoms with Crippen LogP contribution < -0.4 is 15.0 Å². The van der Waals surface area contributed by atoms with E-state index in [1.54, 1.807) is 4.90 Å². The van der Waals surface area contributed by atoms with E-state index in [0.29, 0.717) is 13.2 Å². The minimum atomic E-state index is -0.517. The van der Waals surface area contributed by atoms with Gasteiger partial charge < -0.3 is 19.7 Å². The van der Waals surface area contributed by atoms with Gasteiger partial charge in [-0.3, -0.25) is 4.79 Å². The molecule has 1 fully saturated rings. The highest BCUT2D eigenvalue weighted by molar-refractivity contribution is 5.96. The predicted octanol–water partition coefficient (Wildman–Crippen LogP) is 1.55. The van der Waals surface area contributed by atoms with Gasteiger partial charge in [-0.05, 0) is 31.2 Å². The van der Waals surface area contributed by atoms with Gasteiger partial charge in [0.1, 0.15) is 5.75 Å². The number of rotatable bonds is 4. The van der Waals surface area contributed by atoms with Crippen LogP contribution >= 0.6 is 0 Å². The molecule has 20 heavy (non-hydrogen) atoms. The summed E-state index contributed by atoms with van der Waals surface area (Å²) in [6, 6.07) is 7.11. The maximum Gasteiger partial charge on any atom is 0.407 e. The van der Waals surface area contributed by atoms with Gasteiger partial charge in [-0.25, -0.2) is 4.79 Å². The van der Waals surface area contributed by atoms with E-state index < -0.39 is 6.09 Å². The van der Waals surface area contributed by atoms with E-state index in [4.69, 9.17) is 4.74 Å². The van der Waals surface area contributed by atoms with Gasteiger partial charge in [0.15, 0.2) is 0 Å². The number of alkyl carbamates (subject to hydrolysis) is 1. The quantitative estimate of drug-likeness (QED) is 0.907. The Hall–Kier alpha value is -2.24. The van der Waals surface area contributed by atoms with Gasteiger partial charge in [0.2, 0.25) is 5.91 Å². The minimum absolute atomic E-state index is 0.0180. The number of benzene rings is 1. The molecule has 0 spiro atoms. The third kappa shape index (κ3) is 3.20. The molecule has 0 saturated carbocycles. The van der Waals surface area contributed by atoms with Crippen LogP contribution in [0.1, 0.15) is 13.3 Å². The molecule has 1 aromatic rings. The van der Waals surface area contributed by atoms with Gasteiger partial charge >= 0.3 is 6.09 Å². The molecule has 108 valence electrons. The molecule has 0 bridgehead atoms. The maximum absolute atomic E-state index is 12.0. The molecule has 0 aliphatic carbocycles. The van der Waals surface area contributed by atoms with Gasteiger partial charge in [-0.1, -0.05) is 0 Å². The second-order valence-electron chi connectivity index (χ2n) is 4.47. The fraction of sp³-hybridized carbons (Fsp3) is 0.429. The molecule has 0 unspecified atom stereocenters. The van der Waals surface area contributed by atoms with E-state index in [-0.39, 0.29) is 18.4 Å². The average molecular weight is 278 g/mol. The lowest BCUT2D eigenvalue weighted by molar-refractivity contribution is -0.117. The van der Waals surface area contributed by atoms with Crippen LogP contribution in [0.3, 0.4) is 0 Å². The first-order chi connectivity index (χ1) is 9.63. The number of hydrogen-bond acceptors (Lipinski definition) is 4. The average Bonchev–Trinajstić information content (AvgIpc) is 2.80. The summed E-state index contributed by atoms with van der Waals surface area (Å²) >= 11 is 0. The molecule has 1 N–H and O–H groups in total. The Morgan fingerprint density at radius 3 is 2.70 bits per heavy atom. The number of methoxy groups -OCH3 is 1. The third-order valence-electron chi connectivity index (χ3n) is 3.09. The molecule has 1 aliphatic rings. The molecule has 1 heterocycles. The highest BCUT2D eigenvalue weighted by Crippen LogP contribution is 2.24. The minimum Gasteiger partial charge on any atom is -0.494 e. The lowest BCUT2D eigenvalue weighted by Gasteiger charge is -2.17. The Kier molecular flexibility index (Phi) is 4.45. The zero-order chi connectivity index (χ0) is 14.5. The smallest absolute Gasteiger partial charge is 0.407 e. The summed E-state index contributed by atoms with van der Waals surface area (Å²) in [5.41, 5.74) is 0.799. The SMILES string of the molecule is CCOc1ccc(N2C[C@@H](NC(=O)OC)CC2=O)cc1. The first-order valence-corrected chi connectivity index (χ1v) is 6.51. The van der Waals surface area contributed by atoms with Crippen LogP contribution in [0.15, 0.2) is 24.3 Å². The second kappa shape index (κ2) is 6.27. The van der Waals surface area contributed by atoms with Crippen molar-refractivity contribution in [1.82, 2.24) is 5.32 Å². The maximum atomic E-state index is 12.0. The third-order valence-corrected chi connectivity index (χ3v) is 3.09. The number of nitrogens with zero attached hydrogens (tertiary/aromatic N) is 1. The predicted molar refractivity (Wildman–Crippen MR) is 73.9 cm³/mol. The summed E-state index contributed by atoms with van der Waals surface area (Å²) in [6.07, 6.45) is -0.237. The van der Waals surface area contributed by atoms with E-state index in [2.05, 4.69) is 10.1 Å². The van der Waals surface area contributed by atoms with Crippen LogP contribution in [0.5, 0.6) is 5.75 Å². The molecule has 1 aromatic carbocycles. The van der Waals surface area contributed by atoms with E-state index in [1.165, 1.54) is 7.11 Å². The molecule has 1 saturated heterocycles. The molecule has 1 atom stereocenters. The Labute approximate surface area is 117 Å². The highest BCUT2D eigenvalue weighted by Gasteiger charge is 2.31. The summed E-state index contributed by atoms with van der Waals surface area (Å²) in [5, 5.41) is 2.64. The molecule has 2 rings (SSSR count). The number of amides is 2. The van der Waals surface area contributed by atoms with Gasteiger partial charge in [0.25, 0.3) is 0 Å². The number of carbonyl (C=O) groups is 2.